The highest BCUT2D eigenvalue weighted by Crippen LogP contribution is 2.39. The lowest BCUT2D eigenvalue weighted by Gasteiger charge is -2.25. The first-order valence-electron chi connectivity index (χ1n) is 5.29. The third kappa shape index (κ3) is 1.14. The predicted octanol–water partition coefficient (Wildman–Crippen LogP) is 2.29. The minimum atomic E-state index is 0.582. The Kier molecular flexibility index (Phi) is 1.77. The number of benzene rings is 1. The van der Waals surface area contributed by atoms with Crippen LogP contribution in [0.4, 0.5) is 5.69 Å². The second-order valence-corrected chi connectivity index (χ2v) is 4.31. The summed E-state index contributed by atoms with van der Waals surface area (Å²) in [5, 5.41) is 3.58. The van der Waals surface area contributed by atoms with Crippen LogP contribution in [0.5, 0.6) is 0 Å². The van der Waals surface area contributed by atoms with Crippen LogP contribution in [0.3, 0.4) is 0 Å². The summed E-state index contributed by atoms with van der Waals surface area (Å²) in [4.78, 5) is 0. The molecule has 1 fully saturated rings. The first-order valence-corrected chi connectivity index (χ1v) is 5.29. The van der Waals surface area contributed by atoms with Crippen molar-refractivity contribution in [2.24, 2.45) is 0 Å². The Hall–Kier alpha value is -1.02. The Morgan fingerprint density at radius 2 is 2.36 bits per heavy atom. The fourth-order valence-corrected chi connectivity index (χ4v) is 2.54. The molecule has 0 saturated carbocycles. The fourth-order valence-electron chi connectivity index (χ4n) is 2.54. The molecule has 0 aromatic heterocycles. The molecule has 0 radical (unpaired) electrons. The zero-order chi connectivity index (χ0) is 9.54. The van der Waals surface area contributed by atoms with E-state index in [4.69, 9.17) is 4.74 Å². The lowest BCUT2D eigenvalue weighted by atomic mass is 9.92. The van der Waals surface area contributed by atoms with Crippen molar-refractivity contribution >= 4 is 5.69 Å². The number of hydrogen-bond donors (Lipinski definition) is 1. The van der Waals surface area contributed by atoms with Gasteiger partial charge in [0, 0.05) is 24.3 Å². The highest BCUT2D eigenvalue weighted by Gasteiger charge is 2.34. The summed E-state index contributed by atoms with van der Waals surface area (Å²) in [5.41, 5.74) is 4.11. The number of anilines is 1. The lowest BCUT2D eigenvalue weighted by molar-refractivity contribution is 0.0769. The van der Waals surface area contributed by atoms with E-state index in [1.54, 1.807) is 0 Å². The van der Waals surface area contributed by atoms with Crippen LogP contribution >= 0.6 is 0 Å². The third-order valence-electron chi connectivity index (χ3n) is 3.30. The molecule has 0 bridgehead atoms. The minimum absolute atomic E-state index is 0.582. The number of rotatable bonds is 0. The zero-order valence-electron chi connectivity index (χ0n) is 8.42. The summed E-state index contributed by atoms with van der Waals surface area (Å²) in [6.07, 6.45) is 1.14. The molecule has 1 aromatic rings. The summed E-state index contributed by atoms with van der Waals surface area (Å²) in [6, 6.07) is 7.27. The molecule has 3 rings (SSSR count). The number of hydrogen-bond acceptors (Lipinski definition) is 2. The van der Waals surface area contributed by atoms with Crippen LogP contribution in [0, 0.1) is 6.92 Å². The van der Waals surface area contributed by atoms with Crippen molar-refractivity contribution < 1.29 is 4.74 Å². The Bertz CT molecular complexity index is 361. The number of ether oxygens (including phenoxy) is 1. The van der Waals surface area contributed by atoms with Gasteiger partial charge in [-0.2, -0.15) is 0 Å². The minimum Gasteiger partial charge on any atom is -0.381 e. The first kappa shape index (κ1) is 8.30. The van der Waals surface area contributed by atoms with E-state index in [1.807, 2.05) is 0 Å². The molecular weight excluding hydrogens is 174 g/mol. The van der Waals surface area contributed by atoms with Crippen LogP contribution in [-0.4, -0.2) is 19.3 Å². The summed E-state index contributed by atoms with van der Waals surface area (Å²) in [6.45, 7) is 3.94. The molecule has 0 aliphatic carbocycles. The quantitative estimate of drug-likeness (QED) is 0.676. The number of aryl methyl sites for hydroxylation is 1. The Labute approximate surface area is 84.3 Å². The standard InChI is InChI=1S/C12H15NO/c1-8-2-3-11-9(6-8)10-7-14-5-4-12(10)13-11/h2-3,6,10,12-13H,4-5,7H2,1H3. The van der Waals surface area contributed by atoms with Crippen LogP contribution in [-0.2, 0) is 4.74 Å². The summed E-state index contributed by atoms with van der Waals surface area (Å²) < 4.78 is 5.54. The van der Waals surface area contributed by atoms with Gasteiger partial charge in [0.25, 0.3) is 0 Å². The highest BCUT2D eigenvalue weighted by molar-refractivity contribution is 5.60. The van der Waals surface area contributed by atoms with E-state index in [0.29, 0.717) is 12.0 Å². The normalized spacial score (nSPS) is 29.2. The highest BCUT2D eigenvalue weighted by atomic mass is 16.5. The molecule has 2 aliphatic heterocycles. The van der Waals surface area contributed by atoms with Crippen molar-refractivity contribution in [3.63, 3.8) is 0 Å². The van der Waals surface area contributed by atoms with Gasteiger partial charge in [0.1, 0.15) is 0 Å². The fraction of sp³-hybridized carbons (Fsp3) is 0.500. The maximum absolute atomic E-state index is 5.54. The SMILES string of the molecule is Cc1ccc2c(c1)C1COCCC1N2. The smallest absolute Gasteiger partial charge is 0.0555 e. The summed E-state index contributed by atoms with van der Waals surface area (Å²) >= 11 is 0. The van der Waals surface area contributed by atoms with E-state index in [0.717, 1.165) is 19.6 Å². The number of fused-ring (bicyclic) bond motifs is 3. The van der Waals surface area contributed by atoms with E-state index in [-0.39, 0.29) is 0 Å². The first-order chi connectivity index (χ1) is 6.84. The average Bonchev–Trinajstić information content (AvgIpc) is 2.56. The molecule has 1 aromatic carbocycles. The maximum Gasteiger partial charge on any atom is 0.0555 e. The molecule has 0 spiro atoms. The van der Waals surface area contributed by atoms with Gasteiger partial charge in [0.2, 0.25) is 0 Å². The second kappa shape index (κ2) is 2.99. The van der Waals surface area contributed by atoms with Crippen molar-refractivity contribution in [3.05, 3.63) is 29.3 Å². The largest absolute Gasteiger partial charge is 0.381 e. The van der Waals surface area contributed by atoms with Gasteiger partial charge in [0.15, 0.2) is 0 Å². The molecule has 2 aliphatic rings. The molecule has 2 nitrogen and oxygen atoms in total. The van der Waals surface area contributed by atoms with Gasteiger partial charge in [-0.25, -0.2) is 0 Å². The van der Waals surface area contributed by atoms with Crippen molar-refractivity contribution in [2.75, 3.05) is 18.5 Å². The molecule has 74 valence electrons. The van der Waals surface area contributed by atoms with Gasteiger partial charge in [-0.1, -0.05) is 17.7 Å². The predicted molar refractivity (Wildman–Crippen MR) is 56.8 cm³/mol. The Morgan fingerprint density at radius 1 is 1.43 bits per heavy atom. The van der Waals surface area contributed by atoms with Crippen molar-refractivity contribution in [1.82, 2.24) is 0 Å². The van der Waals surface area contributed by atoms with Crippen LogP contribution in [0.2, 0.25) is 0 Å². The van der Waals surface area contributed by atoms with Crippen molar-refractivity contribution in [3.8, 4) is 0 Å². The molecule has 0 amide bonds. The van der Waals surface area contributed by atoms with Gasteiger partial charge in [-0.3, -0.25) is 0 Å². The van der Waals surface area contributed by atoms with Gasteiger partial charge >= 0.3 is 0 Å². The monoisotopic (exact) mass is 189 g/mol. The maximum atomic E-state index is 5.54. The molecule has 2 atom stereocenters. The van der Waals surface area contributed by atoms with Crippen LogP contribution in [0.25, 0.3) is 0 Å². The third-order valence-corrected chi connectivity index (χ3v) is 3.30. The van der Waals surface area contributed by atoms with E-state index in [1.165, 1.54) is 16.8 Å². The summed E-state index contributed by atoms with van der Waals surface area (Å²) in [5.74, 6) is 0.582. The number of nitrogens with one attached hydrogen (secondary N) is 1. The van der Waals surface area contributed by atoms with E-state index in [9.17, 15) is 0 Å². The lowest BCUT2D eigenvalue weighted by Crippen LogP contribution is -2.30. The molecule has 2 heterocycles. The van der Waals surface area contributed by atoms with Gasteiger partial charge in [-0.05, 0) is 25.0 Å². The van der Waals surface area contributed by atoms with Gasteiger partial charge < -0.3 is 10.1 Å². The molecule has 14 heavy (non-hydrogen) atoms. The van der Waals surface area contributed by atoms with Crippen LogP contribution in [0.15, 0.2) is 18.2 Å². The van der Waals surface area contributed by atoms with Gasteiger partial charge in [-0.15, -0.1) is 0 Å². The molecule has 2 unspecified atom stereocenters. The van der Waals surface area contributed by atoms with Crippen molar-refractivity contribution in [1.29, 1.82) is 0 Å². The average molecular weight is 189 g/mol. The topological polar surface area (TPSA) is 21.3 Å². The molecule has 1 saturated heterocycles. The zero-order valence-corrected chi connectivity index (χ0v) is 8.42. The Balaban J connectivity index is 2.02. The van der Waals surface area contributed by atoms with Crippen LogP contribution in [0.1, 0.15) is 23.5 Å². The van der Waals surface area contributed by atoms with E-state index in [2.05, 4.69) is 30.4 Å². The van der Waals surface area contributed by atoms with Gasteiger partial charge in [0.05, 0.1) is 6.61 Å². The van der Waals surface area contributed by atoms with Crippen molar-refractivity contribution in [2.45, 2.75) is 25.3 Å². The molecule has 1 N–H and O–H groups in total. The molecular formula is C12H15NO. The van der Waals surface area contributed by atoms with E-state index < -0.39 is 0 Å². The van der Waals surface area contributed by atoms with Crippen LogP contribution < -0.4 is 5.32 Å². The Morgan fingerprint density at radius 3 is 3.29 bits per heavy atom. The van der Waals surface area contributed by atoms with E-state index >= 15 is 0 Å². The molecule has 2 heteroatoms. The second-order valence-electron chi connectivity index (χ2n) is 4.31. The summed E-state index contributed by atoms with van der Waals surface area (Å²) in [7, 11) is 0.